The maximum Gasteiger partial charge on any atom is 0.264 e. The molecule has 3 aromatic carbocycles. The Morgan fingerprint density at radius 2 is 1.57 bits per heavy atom. The maximum atomic E-state index is 14.1. The van der Waals surface area contributed by atoms with Gasteiger partial charge in [0, 0.05) is 12.6 Å². The summed E-state index contributed by atoms with van der Waals surface area (Å²) in [5.74, 6) is 0.354. The van der Waals surface area contributed by atoms with Crippen LogP contribution in [-0.4, -0.2) is 58.0 Å². The quantitative estimate of drug-likeness (QED) is 0.327. The number of carbonyl (C=O) groups excluding carboxylic acids is 2. The third-order valence-electron chi connectivity index (χ3n) is 7.60. The number of amides is 2. The Kier molecular flexibility index (Phi) is 10.1. The second kappa shape index (κ2) is 13.7. The Balaban J connectivity index is 1.69. The average Bonchev–Trinajstić information content (AvgIpc) is 3.52. The topological polar surface area (TPSA) is 105 Å². The Labute approximate surface area is 248 Å². The van der Waals surface area contributed by atoms with E-state index in [1.165, 1.54) is 24.1 Å². The molecular formula is C32H39N3O6S. The molecule has 0 unspecified atom stereocenters. The molecule has 42 heavy (non-hydrogen) atoms. The molecule has 0 aliphatic heterocycles. The largest absolute Gasteiger partial charge is 0.497 e. The van der Waals surface area contributed by atoms with E-state index < -0.39 is 28.5 Å². The summed E-state index contributed by atoms with van der Waals surface area (Å²) in [6, 6.07) is 19.4. The molecule has 1 aliphatic carbocycles. The zero-order valence-electron chi connectivity index (χ0n) is 24.6. The summed E-state index contributed by atoms with van der Waals surface area (Å²) < 4.78 is 39.6. The number of nitrogens with zero attached hydrogens (tertiary/aromatic N) is 2. The van der Waals surface area contributed by atoms with E-state index in [9.17, 15) is 18.0 Å². The van der Waals surface area contributed by atoms with Crippen molar-refractivity contribution in [1.82, 2.24) is 10.2 Å². The first kappa shape index (κ1) is 30.9. The van der Waals surface area contributed by atoms with Gasteiger partial charge in [0.05, 0.1) is 24.8 Å². The lowest BCUT2D eigenvalue weighted by Gasteiger charge is -2.32. The lowest BCUT2D eigenvalue weighted by atomic mass is 10.1. The van der Waals surface area contributed by atoms with Gasteiger partial charge in [0.1, 0.15) is 24.1 Å². The minimum absolute atomic E-state index is 0.0167. The molecule has 0 saturated heterocycles. The fourth-order valence-electron chi connectivity index (χ4n) is 5.06. The second-order valence-electron chi connectivity index (χ2n) is 10.6. The summed E-state index contributed by atoms with van der Waals surface area (Å²) in [5, 5.41) is 3.08. The molecule has 1 N–H and O–H groups in total. The minimum atomic E-state index is -4.16. The molecule has 0 bridgehead atoms. The van der Waals surface area contributed by atoms with Gasteiger partial charge in [-0.1, -0.05) is 42.7 Å². The predicted octanol–water partition coefficient (Wildman–Crippen LogP) is 4.68. The van der Waals surface area contributed by atoms with Crippen LogP contribution in [0.5, 0.6) is 11.5 Å². The molecule has 2 amide bonds. The van der Waals surface area contributed by atoms with E-state index in [4.69, 9.17) is 9.47 Å². The minimum Gasteiger partial charge on any atom is -0.497 e. The monoisotopic (exact) mass is 593 g/mol. The molecule has 1 fully saturated rings. The molecule has 0 spiro atoms. The van der Waals surface area contributed by atoms with E-state index in [-0.39, 0.29) is 23.4 Å². The predicted molar refractivity (Wildman–Crippen MR) is 162 cm³/mol. The number of benzene rings is 3. The number of carbonyl (C=O) groups is 2. The summed E-state index contributed by atoms with van der Waals surface area (Å²) >= 11 is 0. The molecule has 0 radical (unpaired) electrons. The number of hydrogen-bond donors (Lipinski definition) is 1. The normalized spacial score (nSPS) is 14.2. The number of ether oxygens (including phenoxy) is 2. The van der Waals surface area contributed by atoms with Crippen molar-refractivity contribution in [3.05, 3.63) is 83.9 Å². The van der Waals surface area contributed by atoms with Gasteiger partial charge in [-0.25, -0.2) is 8.42 Å². The standard InChI is InChI=1S/C32H39N3O6S/c1-23-12-14-27(15-13-23)35(42(38,39)30-18-16-28(40-3)17-19-30)22-31(36)34(21-25-8-7-11-29(20-25)41-4)24(2)32(37)33-26-9-5-6-10-26/h7-8,11-20,24,26H,5-6,9-10,21-22H2,1-4H3,(H,33,37)/t24-/m1/s1. The van der Waals surface area contributed by atoms with Gasteiger partial charge in [-0.2, -0.15) is 0 Å². The summed E-state index contributed by atoms with van der Waals surface area (Å²) in [4.78, 5) is 28.9. The van der Waals surface area contributed by atoms with Crippen LogP contribution in [0.2, 0.25) is 0 Å². The van der Waals surface area contributed by atoms with Gasteiger partial charge >= 0.3 is 0 Å². The third-order valence-corrected chi connectivity index (χ3v) is 9.39. The molecule has 10 heteroatoms. The van der Waals surface area contributed by atoms with Crippen LogP contribution < -0.4 is 19.1 Å². The van der Waals surface area contributed by atoms with Crippen LogP contribution in [0.4, 0.5) is 5.69 Å². The third kappa shape index (κ3) is 7.42. The smallest absolute Gasteiger partial charge is 0.264 e. The van der Waals surface area contributed by atoms with Crippen molar-refractivity contribution >= 4 is 27.5 Å². The number of sulfonamides is 1. The number of nitrogens with one attached hydrogen (secondary N) is 1. The van der Waals surface area contributed by atoms with Crippen molar-refractivity contribution < 1.29 is 27.5 Å². The molecular weight excluding hydrogens is 554 g/mol. The van der Waals surface area contributed by atoms with E-state index in [2.05, 4.69) is 5.32 Å². The Morgan fingerprint density at radius 1 is 0.929 bits per heavy atom. The zero-order valence-corrected chi connectivity index (χ0v) is 25.4. The first-order valence-electron chi connectivity index (χ1n) is 14.1. The highest BCUT2D eigenvalue weighted by Crippen LogP contribution is 2.27. The van der Waals surface area contributed by atoms with Crippen LogP contribution in [0.25, 0.3) is 0 Å². The SMILES string of the molecule is COc1ccc(S(=O)(=O)N(CC(=O)N(Cc2cccc(OC)c2)[C@H](C)C(=O)NC2CCCC2)c2ccc(C)cc2)cc1. The van der Waals surface area contributed by atoms with Gasteiger partial charge in [0.2, 0.25) is 11.8 Å². The molecule has 1 saturated carbocycles. The maximum absolute atomic E-state index is 14.1. The van der Waals surface area contributed by atoms with Crippen molar-refractivity contribution in [2.24, 2.45) is 0 Å². The highest BCUT2D eigenvalue weighted by atomic mass is 32.2. The molecule has 1 aliphatic rings. The molecule has 9 nitrogen and oxygen atoms in total. The summed E-state index contributed by atoms with van der Waals surface area (Å²) in [6.07, 6.45) is 3.92. The number of anilines is 1. The summed E-state index contributed by atoms with van der Waals surface area (Å²) in [7, 11) is -1.10. The first-order chi connectivity index (χ1) is 20.1. The molecule has 0 heterocycles. The van der Waals surface area contributed by atoms with E-state index in [0.29, 0.717) is 17.2 Å². The van der Waals surface area contributed by atoms with Crippen molar-refractivity contribution in [1.29, 1.82) is 0 Å². The fourth-order valence-corrected chi connectivity index (χ4v) is 6.47. The van der Waals surface area contributed by atoms with Crippen molar-refractivity contribution in [2.45, 2.75) is 63.1 Å². The van der Waals surface area contributed by atoms with Crippen LogP contribution in [0, 0.1) is 6.92 Å². The van der Waals surface area contributed by atoms with Gasteiger partial charge in [-0.15, -0.1) is 0 Å². The lowest BCUT2D eigenvalue weighted by Crippen LogP contribution is -2.52. The number of methoxy groups -OCH3 is 2. The van der Waals surface area contributed by atoms with E-state index in [1.54, 1.807) is 62.6 Å². The van der Waals surface area contributed by atoms with E-state index in [0.717, 1.165) is 41.1 Å². The van der Waals surface area contributed by atoms with Crippen molar-refractivity contribution in [3.63, 3.8) is 0 Å². The molecule has 3 aromatic rings. The lowest BCUT2D eigenvalue weighted by molar-refractivity contribution is -0.139. The number of hydrogen-bond acceptors (Lipinski definition) is 6. The number of rotatable bonds is 12. The van der Waals surface area contributed by atoms with Gasteiger partial charge in [0.25, 0.3) is 10.0 Å². The van der Waals surface area contributed by atoms with Gasteiger partial charge in [-0.3, -0.25) is 13.9 Å². The highest BCUT2D eigenvalue weighted by Gasteiger charge is 2.33. The summed E-state index contributed by atoms with van der Waals surface area (Å²) in [5.41, 5.74) is 2.04. The first-order valence-corrected chi connectivity index (χ1v) is 15.5. The van der Waals surface area contributed by atoms with Crippen LogP contribution in [0.3, 0.4) is 0 Å². The molecule has 4 rings (SSSR count). The Bertz CT molecular complexity index is 1470. The van der Waals surface area contributed by atoms with E-state index >= 15 is 0 Å². The average molecular weight is 594 g/mol. The molecule has 1 atom stereocenters. The Morgan fingerprint density at radius 3 is 2.19 bits per heavy atom. The van der Waals surface area contributed by atoms with Crippen molar-refractivity contribution in [3.8, 4) is 11.5 Å². The molecule has 224 valence electrons. The fraction of sp³-hybridized carbons (Fsp3) is 0.375. The van der Waals surface area contributed by atoms with Gasteiger partial charge < -0.3 is 19.7 Å². The van der Waals surface area contributed by atoms with Crippen LogP contribution >= 0.6 is 0 Å². The second-order valence-corrected chi connectivity index (χ2v) is 12.4. The van der Waals surface area contributed by atoms with Crippen LogP contribution in [0.15, 0.2) is 77.7 Å². The molecule has 0 aromatic heterocycles. The van der Waals surface area contributed by atoms with E-state index in [1.807, 2.05) is 19.1 Å². The number of aryl methyl sites for hydroxylation is 1. The van der Waals surface area contributed by atoms with Crippen LogP contribution in [0.1, 0.15) is 43.7 Å². The highest BCUT2D eigenvalue weighted by molar-refractivity contribution is 7.92. The zero-order chi connectivity index (χ0) is 30.3. The van der Waals surface area contributed by atoms with Gasteiger partial charge in [0.15, 0.2) is 0 Å². The van der Waals surface area contributed by atoms with Gasteiger partial charge in [-0.05, 0) is 80.8 Å². The Hall–Kier alpha value is -4.05. The summed E-state index contributed by atoms with van der Waals surface area (Å²) in [6.45, 7) is 3.18. The van der Waals surface area contributed by atoms with Crippen LogP contribution in [-0.2, 0) is 26.2 Å². The van der Waals surface area contributed by atoms with Crippen molar-refractivity contribution in [2.75, 3.05) is 25.1 Å².